The van der Waals surface area contributed by atoms with E-state index in [2.05, 4.69) is 26.0 Å². The van der Waals surface area contributed by atoms with Gasteiger partial charge in [-0.25, -0.2) is 4.79 Å². The number of fused-ring (bicyclic) bond motifs is 1. The minimum atomic E-state index is -0.797. The van der Waals surface area contributed by atoms with Gasteiger partial charge in [-0.2, -0.15) is 0 Å². The summed E-state index contributed by atoms with van der Waals surface area (Å²) >= 11 is 0. The second-order valence-electron chi connectivity index (χ2n) is 11.8. The predicted molar refractivity (Wildman–Crippen MR) is 177 cm³/mol. The van der Waals surface area contributed by atoms with Gasteiger partial charge in [0, 0.05) is 30.9 Å². The van der Waals surface area contributed by atoms with Gasteiger partial charge in [0.05, 0.1) is 13.5 Å². The van der Waals surface area contributed by atoms with Crippen molar-refractivity contribution in [1.29, 1.82) is 0 Å². The van der Waals surface area contributed by atoms with Gasteiger partial charge in [0.25, 0.3) is 0 Å². The molecule has 3 aromatic carbocycles. The molecule has 4 rings (SSSR count). The number of hydrogen-bond donors (Lipinski definition) is 4. The number of nitrogens with one attached hydrogen (secondary N) is 4. The summed E-state index contributed by atoms with van der Waals surface area (Å²) < 4.78 is 4.67. The Morgan fingerprint density at radius 2 is 1.54 bits per heavy atom. The van der Waals surface area contributed by atoms with Crippen LogP contribution >= 0.6 is 0 Å². The average Bonchev–Trinajstić information content (AvgIpc) is 3.54. The van der Waals surface area contributed by atoms with Gasteiger partial charge < -0.3 is 30.9 Å². The van der Waals surface area contributed by atoms with E-state index in [4.69, 9.17) is 0 Å². The molecule has 1 aliphatic rings. The van der Waals surface area contributed by atoms with Crippen LogP contribution in [0.5, 0.6) is 0 Å². The fraction of sp³-hybridized carbons (Fsp3) is 0.400. The van der Waals surface area contributed by atoms with E-state index in [-0.39, 0.29) is 29.5 Å². The lowest BCUT2D eigenvalue weighted by Gasteiger charge is -2.30. The lowest BCUT2D eigenvalue weighted by atomic mass is 10.0. The van der Waals surface area contributed by atoms with Crippen molar-refractivity contribution in [2.75, 3.05) is 30.8 Å². The molecule has 1 saturated heterocycles. The number of rotatable bonds is 13. The number of methoxy groups -OCH3 is 1. The maximum atomic E-state index is 13.3. The van der Waals surface area contributed by atoms with Crippen LogP contribution in [-0.2, 0) is 30.3 Å². The summed E-state index contributed by atoms with van der Waals surface area (Å²) in [5, 5.41) is 13.1. The van der Waals surface area contributed by atoms with Crippen LogP contribution in [0.4, 0.5) is 16.2 Å². The topological polar surface area (TPSA) is 146 Å². The zero-order valence-electron chi connectivity index (χ0n) is 26.6. The van der Waals surface area contributed by atoms with E-state index in [1.807, 2.05) is 74.5 Å². The molecule has 5 amide bonds. The fourth-order valence-electron chi connectivity index (χ4n) is 5.51. The van der Waals surface area contributed by atoms with Crippen molar-refractivity contribution in [2.45, 2.75) is 64.5 Å². The van der Waals surface area contributed by atoms with Crippen molar-refractivity contribution >= 4 is 51.9 Å². The molecular formula is C35H43N5O6. The van der Waals surface area contributed by atoms with Crippen LogP contribution in [0.1, 0.15) is 51.5 Å². The van der Waals surface area contributed by atoms with Crippen molar-refractivity contribution in [3.05, 3.63) is 72.3 Å². The summed E-state index contributed by atoms with van der Waals surface area (Å²) in [6.45, 7) is 4.61. The summed E-state index contributed by atoms with van der Waals surface area (Å²) in [4.78, 5) is 64.5. The maximum Gasteiger partial charge on any atom is 0.407 e. The molecule has 0 saturated carbocycles. The molecule has 4 N–H and O–H groups in total. The maximum absolute atomic E-state index is 13.3. The van der Waals surface area contributed by atoms with Gasteiger partial charge in [0.1, 0.15) is 12.1 Å². The normalized spacial score (nSPS) is 14.9. The smallest absolute Gasteiger partial charge is 0.407 e. The quantitative estimate of drug-likeness (QED) is 0.203. The van der Waals surface area contributed by atoms with Gasteiger partial charge in [-0.05, 0) is 72.2 Å². The highest BCUT2D eigenvalue weighted by molar-refractivity contribution is 6.01. The highest BCUT2D eigenvalue weighted by atomic mass is 16.5. The molecule has 11 heteroatoms. The summed E-state index contributed by atoms with van der Waals surface area (Å²) in [5.74, 6) is -0.913. The first-order chi connectivity index (χ1) is 22.1. The molecule has 0 aromatic heterocycles. The molecule has 2 atom stereocenters. The number of likely N-dealkylation sites (tertiary alicyclic amines) is 1. The highest BCUT2D eigenvalue weighted by Crippen LogP contribution is 2.25. The van der Waals surface area contributed by atoms with Crippen molar-refractivity contribution in [2.24, 2.45) is 5.92 Å². The van der Waals surface area contributed by atoms with E-state index in [0.717, 1.165) is 16.3 Å². The Bertz CT molecular complexity index is 1540. The molecule has 0 bridgehead atoms. The molecule has 0 spiro atoms. The largest absolute Gasteiger partial charge is 0.453 e. The second-order valence-corrected chi connectivity index (χ2v) is 11.8. The summed E-state index contributed by atoms with van der Waals surface area (Å²) in [6, 6.07) is 19.2. The van der Waals surface area contributed by atoms with Crippen LogP contribution in [0.15, 0.2) is 66.7 Å². The average molecular weight is 630 g/mol. The van der Waals surface area contributed by atoms with Crippen LogP contribution in [-0.4, -0.2) is 66.9 Å². The van der Waals surface area contributed by atoms with Crippen LogP contribution in [0.2, 0.25) is 0 Å². The summed E-state index contributed by atoms with van der Waals surface area (Å²) in [6.07, 6.45) is 2.56. The van der Waals surface area contributed by atoms with Gasteiger partial charge in [-0.1, -0.05) is 56.3 Å². The van der Waals surface area contributed by atoms with Gasteiger partial charge in [-0.3, -0.25) is 19.2 Å². The third-order valence-corrected chi connectivity index (χ3v) is 7.98. The lowest BCUT2D eigenvalue weighted by molar-refractivity contribution is -0.139. The molecule has 1 heterocycles. The Labute approximate surface area is 269 Å². The lowest BCUT2D eigenvalue weighted by Crippen LogP contribution is -2.54. The van der Waals surface area contributed by atoms with Crippen LogP contribution in [0.3, 0.4) is 0 Å². The Morgan fingerprint density at radius 1 is 0.870 bits per heavy atom. The van der Waals surface area contributed by atoms with Crippen LogP contribution in [0.25, 0.3) is 10.8 Å². The number of carbonyl (C=O) groups excluding carboxylic acids is 5. The number of nitrogens with zero attached hydrogens (tertiary/aromatic N) is 1. The molecule has 3 aromatic rings. The molecule has 11 nitrogen and oxygen atoms in total. The van der Waals surface area contributed by atoms with E-state index in [9.17, 15) is 24.0 Å². The van der Waals surface area contributed by atoms with Gasteiger partial charge in [0.2, 0.25) is 23.6 Å². The molecule has 46 heavy (non-hydrogen) atoms. The molecule has 244 valence electrons. The zero-order chi connectivity index (χ0) is 33.1. The van der Waals surface area contributed by atoms with Crippen LogP contribution < -0.4 is 21.3 Å². The zero-order valence-corrected chi connectivity index (χ0v) is 26.6. The Balaban J connectivity index is 1.25. The van der Waals surface area contributed by atoms with Crippen molar-refractivity contribution < 1.29 is 28.7 Å². The van der Waals surface area contributed by atoms with Gasteiger partial charge in [-0.15, -0.1) is 0 Å². The molecule has 0 aliphatic carbocycles. The molecule has 1 fully saturated rings. The van der Waals surface area contributed by atoms with E-state index in [1.165, 1.54) is 12.0 Å². The molecular weight excluding hydrogens is 586 g/mol. The first-order valence-electron chi connectivity index (χ1n) is 15.7. The Hall–Kier alpha value is -4.93. The van der Waals surface area contributed by atoms with E-state index < -0.39 is 18.2 Å². The van der Waals surface area contributed by atoms with Crippen molar-refractivity contribution in [1.82, 2.24) is 15.5 Å². The highest BCUT2D eigenvalue weighted by Gasteiger charge is 2.38. The summed E-state index contributed by atoms with van der Waals surface area (Å²) in [7, 11) is 1.24. The number of ether oxygens (including phenoxy) is 1. The predicted octanol–water partition coefficient (Wildman–Crippen LogP) is 4.62. The Kier molecular flexibility index (Phi) is 12.1. The van der Waals surface area contributed by atoms with Crippen molar-refractivity contribution in [3.8, 4) is 0 Å². The van der Waals surface area contributed by atoms with Crippen molar-refractivity contribution in [3.63, 3.8) is 0 Å². The minimum Gasteiger partial charge on any atom is -0.453 e. The minimum absolute atomic E-state index is 0.0325. The number of carbonyl (C=O) groups is 5. The van der Waals surface area contributed by atoms with E-state index in [0.29, 0.717) is 63.0 Å². The fourth-order valence-corrected chi connectivity index (χ4v) is 5.51. The number of anilines is 2. The van der Waals surface area contributed by atoms with Gasteiger partial charge in [0.15, 0.2) is 0 Å². The number of alkyl carbamates (subject to hydrolysis) is 1. The molecule has 0 radical (unpaired) electrons. The van der Waals surface area contributed by atoms with Gasteiger partial charge >= 0.3 is 6.09 Å². The number of hydrogen-bond acceptors (Lipinski definition) is 6. The SMILES string of the molecule is COC(=O)NC(C(=O)N1CCCC1C(=O)Nc1ccc2cc(NC(=O)CCCCNC(=O)Cc3ccccc3)ccc2c1)C(C)C. The molecule has 2 unspecified atom stereocenters. The Morgan fingerprint density at radius 3 is 2.20 bits per heavy atom. The third-order valence-electron chi connectivity index (χ3n) is 7.98. The first kappa shape index (κ1) is 34.0. The van der Waals surface area contributed by atoms with E-state index >= 15 is 0 Å². The second kappa shape index (κ2) is 16.4. The number of amides is 5. The summed E-state index contributed by atoms with van der Waals surface area (Å²) in [5.41, 5.74) is 2.23. The third kappa shape index (κ3) is 9.53. The number of benzene rings is 3. The monoisotopic (exact) mass is 629 g/mol. The number of unbranched alkanes of at least 4 members (excludes halogenated alkanes) is 1. The first-order valence-corrected chi connectivity index (χ1v) is 15.7. The van der Waals surface area contributed by atoms with Crippen LogP contribution in [0, 0.1) is 5.92 Å². The molecule has 1 aliphatic heterocycles. The standard InChI is InChI=1S/C35H43N5O6/c1-23(2)32(39-35(45)46-3)34(44)40-19-9-12-29(40)33(43)38-28-17-15-25-21-27(16-14-26(25)22-28)37-30(41)13-7-8-18-36-31(42)20-24-10-5-4-6-11-24/h4-6,10-11,14-17,21-23,29,32H,7-9,12-13,18-20H2,1-3H3,(H,36,42)(H,37,41)(H,38,43)(H,39,45). The van der Waals surface area contributed by atoms with E-state index in [1.54, 1.807) is 6.07 Å².